The van der Waals surface area contributed by atoms with Crippen LogP contribution in [0.2, 0.25) is 0 Å². The summed E-state index contributed by atoms with van der Waals surface area (Å²) in [5, 5.41) is 10.1. The van der Waals surface area contributed by atoms with Crippen LogP contribution in [-0.2, 0) is 4.79 Å². The third-order valence-electron chi connectivity index (χ3n) is 3.37. The smallest absolute Gasteiger partial charge is 0.338 e. The number of aromatic hydroxyl groups is 1. The van der Waals surface area contributed by atoms with Crippen LogP contribution >= 0.6 is 0 Å². The van der Waals surface area contributed by atoms with Gasteiger partial charge in [0.15, 0.2) is 17.3 Å². The van der Waals surface area contributed by atoms with E-state index in [1.807, 2.05) is 13.0 Å². The highest BCUT2D eigenvalue weighted by Crippen LogP contribution is 2.41. The first-order chi connectivity index (χ1) is 12.0. The second-order valence-electron chi connectivity index (χ2n) is 5.50. The fraction of sp³-hybridized carbons (Fsp3) is 0.200. The van der Waals surface area contributed by atoms with Gasteiger partial charge in [0.25, 0.3) is 0 Å². The van der Waals surface area contributed by atoms with Gasteiger partial charge in [-0.25, -0.2) is 4.79 Å². The monoisotopic (exact) mass is 340 g/mol. The number of carbonyl (C=O) groups excluding carboxylic acids is 2. The second-order valence-corrected chi connectivity index (χ2v) is 5.50. The van der Waals surface area contributed by atoms with Crippen molar-refractivity contribution >= 4 is 11.8 Å². The van der Waals surface area contributed by atoms with Crippen molar-refractivity contribution in [1.82, 2.24) is 0 Å². The molecule has 130 valence electrons. The van der Waals surface area contributed by atoms with Crippen LogP contribution in [0.3, 0.4) is 0 Å². The summed E-state index contributed by atoms with van der Waals surface area (Å²) in [6.07, 6.45) is 0.683. The molecule has 0 radical (unpaired) electrons. The maximum atomic E-state index is 12.8. The summed E-state index contributed by atoms with van der Waals surface area (Å²) in [6, 6.07) is 11.4. The molecule has 0 aliphatic heterocycles. The highest BCUT2D eigenvalue weighted by atomic mass is 16.6. The number of phenolic OH excluding ortho intramolecular Hbond substituents is 1. The van der Waals surface area contributed by atoms with Gasteiger partial charge in [0.05, 0.1) is 12.2 Å². The maximum Gasteiger partial charge on any atom is 0.338 e. The molecule has 0 bridgehead atoms. The molecule has 1 N–H and O–H groups in total. The summed E-state index contributed by atoms with van der Waals surface area (Å²) >= 11 is 0. The molecule has 0 heterocycles. The van der Waals surface area contributed by atoms with Crippen molar-refractivity contribution in [3.8, 4) is 17.2 Å². The van der Waals surface area contributed by atoms with Gasteiger partial charge >= 0.3 is 5.97 Å². The number of esters is 1. The van der Waals surface area contributed by atoms with Gasteiger partial charge in [0.1, 0.15) is 0 Å². The zero-order chi connectivity index (χ0) is 18.4. The lowest BCUT2D eigenvalue weighted by Gasteiger charge is -2.16. The van der Waals surface area contributed by atoms with E-state index >= 15 is 0 Å². The van der Waals surface area contributed by atoms with Crippen LogP contribution in [0.15, 0.2) is 54.6 Å². The molecule has 0 unspecified atom stereocenters. The van der Waals surface area contributed by atoms with E-state index in [2.05, 4.69) is 6.58 Å². The molecule has 5 heteroatoms. The number of carbonyl (C=O) groups is 2. The predicted octanol–water partition coefficient (Wildman–Crippen LogP) is 3.89. The molecule has 25 heavy (non-hydrogen) atoms. The summed E-state index contributed by atoms with van der Waals surface area (Å²) in [7, 11) is 0. The molecule has 2 aromatic rings. The van der Waals surface area contributed by atoms with Crippen LogP contribution in [0.1, 0.15) is 36.2 Å². The molecule has 0 saturated carbocycles. The van der Waals surface area contributed by atoms with Crippen molar-refractivity contribution in [3.05, 3.63) is 65.7 Å². The van der Waals surface area contributed by atoms with E-state index in [4.69, 9.17) is 9.47 Å². The average molecular weight is 340 g/mol. The van der Waals surface area contributed by atoms with Crippen LogP contribution in [-0.4, -0.2) is 23.5 Å². The zero-order valence-electron chi connectivity index (χ0n) is 14.2. The molecule has 0 amide bonds. The van der Waals surface area contributed by atoms with Crippen LogP contribution < -0.4 is 9.47 Å². The molecule has 0 aliphatic carbocycles. The van der Waals surface area contributed by atoms with Crippen molar-refractivity contribution in [2.45, 2.75) is 20.3 Å². The van der Waals surface area contributed by atoms with Crippen LogP contribution in [0, 0.1) is 0 Å². The molecular formula is C20H20O5. The number of hydrogen-bond donors (Lipinski definition) is 1. The lowest BCUT2D eigenvalue weighted by molar-refractivity contribution is -0.130. The molecule has 0 spiro atoms. The predicted molar refractivity (Wildman–Crippen MR) is 94.2 cm³/mol. The Hall–Kier alpha value is -3.08. The average Bonchev–Trinajstić information content (AvgIpc) is 2.62. The van der Waals surface area contributed by atoms with Crippen LogP contribution in [0.4, 0.5) is 0 Å². The van der Waals surface area contributed by atoms with Gasteiger partial charge in [0.2, 0.25) is 5.75 Å². The van der Waals surface area contributed by atoms with Crippen LogP contribution in [0.5, 0.6) is 17.2 Å². The molecule has 0 atom stereocenters. The number of ether oxygens (including phenoxy) is 2. The van der Waals surface area contributed by atoms with Gasteiger partial charge < -0.3 is 14.6 Å². The Morgan fingerprint density at radius 1 is 1.08 bits per heavy atom. The molecule has 0 saturated heterocycles. The zero-order valence-corrected chi connectivity index (χ0v) is 14.2. The van der Waals surface area contributed by atoms with E-state index in [9.17, 15) is 14.7 Å². The quantitative estimate of drug-likeness (QED) is 0.358. The normalized spacial score (nSPS) is 10.2. The Kier molecular flexibility index (Phi) is 5.95. The summed E-state index contributed by atoms with van der Waals surface area (Å²) in [6.45, 7) is 7.21. The van der Waals surface area contributed by atoms with E-state index < -0.39 is 5.97 Å². The van der Waals surface area contributed by atoms with E-state index in [1.54, 1.807) is 24.3 Å². The minimum absolute atomic E-state index is 0.0466. The topological polar surface area (TPSA) is 72.8 Å². The Balaban J connectivity index is 2.53. The van der Waals surface area contributed by atoms with Gasteiger partial charge in [-0.3, -0.25) is 4.79 Å². The molecule has 2 rings (SSSR count). The first-order valence-electron chi connectivity index (χ1n) is 7.91. The standard InChI is InChI=1S/C20H20O5/c1-4-12-24-18-15(17(22)14-8-6-5-7-9-14)10-11-16(21)19(18)25-20(23)13(2)3/h5-11,21H,2,4,12H2,1,3H3. The number of benzene rings is 2. The third-order valence-corrected chi connectivity index (χ3v) is 3.37. The number of phenols is 1. The van der Waals surface area contributed by atoms with Crippen LogP contribution in [0.25, 0.3) is 0 Å². The van der Waals surface area contributed by atoms with Crippen molar-refractivity contribution < 1.29 is 24.2 Å². The van der Waals surface area contributed by atoms with Crippen molar-refractivity contribution in [3.63, 3.8) is 0 Å². The number of rotatable bonds is 7. The molecule has 2 aromatic carbocycles. The van der Waals surface area contributed by atoms with E-state index in [0.717, 1.165) is 0 Å². The Morgan fingerprint density at radius 3 is 2.36 bits per heavy atom. The molecular weight excluding hydrogens is 320 g/mol. The van der Waals surface area contributed by atoms with Crippen molar-refractivity contribution in [2.75, 3.05) is 6.61 Å². The van der Waals surface area contributed by atoms with Gasteiger partial charge in [-0.2, -0.15) is 0 Å². The minimum Gasteiger partial charge on any atom is -0.504 e. The summed E-state index contributed by atoms with van der Waals surface area (Å²) in [5.74, 6) is -1.42. The highest BCUT2D eigenvalue weighted by molar-refractivity contribution is 6.11. The van der Waals surface area contributed by atoms with Crippen molar-refractivity contribution in [1.29, 1.82) is 0 Å². The van der Waals surface area contributed by atoms with Gasteiger partial charge in [-0.1, -0.05) is 43.8 Å². The second kappa shape index (κ2) is 8.15. The maximum absolute atomic E-state index is 12.8. The summed E-state index contributed by atoms with van der Waals surface area (Å²) in [4.78, 5) is 24.7. The van der Waals surface area contributed by atoms with E-state index in [-0.39, 0.29) is 34.2 Å². The fourth-order valence-electron chi connectivity index (χ4n) is 2.10. The molecule has 5 nitrogen and oxygen atoms in total. The highest BCUT2D eigenvalue weighted by Gasteiger charge is 2.24. The van der Waals surface area contributed by atoms with Gasteiger partial charge in [0, 0.05) is 11.1 Å². The summed E-state index contributed by atoms with van der Waals surface area (Å²) < 4.78 is 10.8. The van der Waals surface area contributed by atoms with Gasteiger partial charge in [-0.05, 0) is 25.5 Å². The van der Waals surface area contributed by atoms with E-state index in [1.165, 1.54) is 19.1 Å². The number of ketones is 1. The largest absolute Gasteiger partial charge is 0.504 e. The van der Waals surface area contributed by atoms with E-state index in [0.29, 0.717) is 18.6 Å². The fourth-order valence-corrected chi connectivity index (χ4v) is 2.10. The molecule has 0 aliphatic rings. The lowest BCUT2D eigenvalue weighted by Crippen LogP contribution is -2.12. The third kappa shape index (κ3) is 4.26. The first-order valence-corrected chi connectivity index (χ1v) is 7.91. The Morgan fingerprint density at radius 2 is 1.76 bits per heavy atom. The number of hydrogen-bond acceptors (Lipinski definition) is 5. The minimum atomic E-state index is -0.707. The Bertz CT molecular complexity index is 793. The molecule has 0 aromatic heterocycles. The first kappa shape index (κ1) is 18.3. The van der Waals surface area contributed by atoms with Gasteiger partial charge in [-0.15, -0.1) is 0 Å². The molecule has 0 fully saturated rings. The Labute approximate surface area is 146 Å². The van der Waals surface area contributed by atoms with Crippen molar-refractivity contribution in [2.24, 2.45) is 0 Å². The summed E-state index contributed by atoms with van der Waals surface area (Å²) in [5.41, 5.74) is 0.842. The SMILES string of the molecule is C=C(C)C(=O)Oc1c(O)ccc(C(=O)c2ccccc2)c1OCCC. The lowest BCUT2D eigenvalue weighted by atomic mass is 10.0.